The summed E-state index contributed by atoms with van der Waals surface area (Å²) in [5.41, 5.74) is 1.93. The quantitative estimate of drug-likeness (QED) is 0.833. The Bertz CT molecular complexity index is 408. The van der Waals surface area contributed by atoms with Gasteiger partial charge in [-0.2, -0.15) is 0 Å². The van der Waals surface area contributed by atoms with Crippen LogP contribution in [0.3, 0.4) is 0 Å². The van der Waals surface area contributed by atoms with Crippen LogP contribution in [0, 0.1) is 0 Å². The summed E-state index contributed by atoms with van der Waals surface area (Å²) in [6.45, 7) is 0. The Morgan fingerprint density at radius 3 is 2.50 bits per heavy atom. The standard InChI is InChI=1S/C13H14BrNO/c14-11-5-7-12(8-6-11)15-9-10-3-1-2-4-13(10)16/h5-9,15H,1-4H2/b10-9-. The van der Waals surface area contributed by atoms with Gasteiger partial charge in [0.05, 0.1) is 0 Å². The van der Waals surface area contributed by atoms with Crippen molar-refractivity contribution in [3.05, 3.63) is 40.5 Å². The number of anilines is 1. The minimum Gasteiger partial charge on any atom is -0.361 e. The zero-order valence-corrected chi connectivity index (χ0v) is 10.6. The summed E-state index contributed by atoms with van der Waals surface area (Å²) < 4.78 is 1.06. The van der Waals surface area contributed by atoms with E-state index < -0.39 is 0 Å². The fraction of sp³-hybridized carbons (Fsp3) is 0.308. The summed E-state index contributed by atoms with van der Waals surface area (Å²) in [4.78, 5) is 11.6. The van der Waals surface area contributed by atoms with Crippen molar-refractivity contribution in [1.82, 2.24) is 0 Å². The Kier molecular flexibility index (Phi) is 3.78. The molecule has 0 bridgehead atoms. The molecular weight excluding hydrogens is 266 g/mol. The Balaban J connectivity index is 2.02. The van der Waals surface area contributed by atoms with Gasteiger partial charge in [0.25, 0.3) is 0 Å². The molecule has 0 saturated heterocycles. The monoisotopic (exact) mass is 279 g/mol. The van der Waals surface area contributed by atoms with Gasteiger partial charge in [0, 0.05) is 28.4 Å². The van der Waals surface area contributed by atoms with E-state index in [0.29, 0.717) is 6.42 Å². The van der Waals surface area contributed by atoms with E-state index in [9.17, 15) is 4.79 Å². The zero-order chi connectivity index (χ0) is 11.4. The zero-order valence-electron chi connectivity index (χ0n) is 9.00. The molecule has 0 spiro atoms. The van der Waals surface area contributed by atoms with Crippen molar-refractivity contribution in [2.75, 3.05) is 5.32 Å². The van der Waals surface area contributed by atoms with E-state index in [2.05, 4.69) is 21.2 Å². The number of nitrogens with one attached hydrogen (secondary N) is 1. The lowest BCUT2D eigenvalue weighted by Gasteiger charge is -2.12. The number of hydrogen-bond donors (Lipinski definition) is 1. The summed E-state index contributed by atoms with van der Waals surface area (Å²) in [7, 11) is 0. The fourth-order valence-electron chi connectivity index (χ4n) is 1.77. The summed E-state index contributed by atoms with van der Waals surface area (Å²) in [6, 6.07) is 7.91. The van der Waals surface area contributed by atoms with Gasteiger partial charge in [0.2, 0.25) is 0 Å². The lowest BCUT2D eigenvalue weighted by atomic mass is 9.94. The van der Waals surface area contributed by atoms with Crippen LogP contribution in [0.25, 0.3) is 0 Å². The molecule has 1 fully saturated rings. The van der Waals surface area contributed by atoms with Gasteiger partial charge < -0.3 is 5.32 Å². The molecule has 0 unspecified atom stereocenters. The van der Waals surface area contributed by atoms with Crippen molar-refractivity contribution in [3.63, 3.8) is 0 Å². The molecule has 0 aromatic heterocycles. The van der Waals surface area contributed by atoms with Crippen LogP contribution < -0.4 is 5.32 Å². The van der Waals surface area contributed by atoms with Crippen LogP contribution >= 0.6 is 15.9 Å². The van der Waals surface area contributed by atoms with E-state index in [1.54, 1.807) is 0 Å². The molecular formula is C13H14BrNO. The molecule has 2 rings (SSSR count). The highest BCUT2D eigenvalue weighted by Gasteiger charge is 2.14. The lowest BCUT2D eigenvalue weighted by molar-refractivity contribution is -0.116. The van der Waals surface area contributed by atoms with Crippen LogP contribution in [0.4, 0.5) is 5.69 Å². The Morgan fingerprint density at radius 2 is 1.81 bits per heavy atom. The van der Waals surface area contributed by atoms with Crippen LogP contribution in [0.2, 0.25) is 0 Å². The van der Waals surface area contributed by atoms with Gasteiger partial charge in [-0.15, -0.1) is 0 Å². The summed E-state index contributed by atoms with van der Waals surface area (Å²) in [5.74, 6) is 0.288. The minimum absolute atomic E-state index is 0.288. The largest absolute Gasteiger partial charge is 0.361 e. The van der Waals surface area contributed by atoms with Crippen LogP contribution in [-0.4, -0.2) is 5.78 Å². The van der Waals surface area contributed by atoms with Gasteiger partial charge in [-0.05, 0) is 43.5 Å². The van der Waals surface area contributed by atoms with Gasteiger partial charge in [-0.3, -0.25) is 4.79 Å². The Labute approximate surface area is 104 Å². The molecule has 84 valence electrons. The summed E-state index contributed by atoms with van der Waals surface area (Å²) in [6.07, 6.45) is 5.62. The molecule has 1 aromatic rings. The Hall–Kier alpha value is -1.09. The average Bonchev–Trinajstić information content (AvgIpc) is 2.30. The first-order chi connectivity index (χ1) is 7.75. The predicted octanol–water partition coefficient (Wildman–Crippen LogP) is 3.89. The van der Waals surface area contributed by atoms with Gasteiger partial charge in [0.1, 0.15) is 0 Å². The maximum absolute atomic E-state index is 11.6. The molecule has 1 aromatic carbocycles. The highest BCUT2D eigenvalue weighted by Crippen LogP contribution is 2.20. The van der Waals surface area contributed by atoms with E-state index in [1.165, 1.54) is 0 Å². The second-order valence-electron chi connectivity index (χ2n) is 3.95. The third-order valence-electron chi connectivity index (χ3n) is 2.72. The maximum atomic E-state index is 11.6. The number of carbonyl (C=O) groups excluding carboxylic acids is 1. The van der Waals surface area contributed by atoms with E-state index >= 15 is 0 Å². The number of rotatable bonds is 2. The van der Waals surface area contributed by atoms with Gasteiger partial charge >= 0.3 is 0 Å². The number of carbonyl (C=O) groups is 1. The second kappa shape index (κ2) is 5.30. The molecule has 1 N–H and O–H groups in total. The smallest absolute Gasteiger partial charge is 0.160 e. The molecule has 1 aliphatic rings. The number of benzene rings is 1. The number of Topliss-reactive ketones (excluding diaryl/α,β-unsaturated/α-hetero) is 1. The molecule has 2 nitrogen and oxygen atoms in total. The van der Waals surface area contributed by atoms with Crippen LogP contribution in [0.1, 0.15) is 25.7 Å². The van der Waals surface area contributed by atoms with Crippen molar-refractivity contribution < 1.29 is 4.79 Å². The molecule has 1 saturated carbocycles. The summed E-state index contributed by atoms with van der Waals surface area (Å²) >= 11 is 3.39. The van der Waals surface area contributed by atoms with Gasteiger partial charge in [-0.1, -0.05) is 15.9 Å². The molecule has 1 aliphatic carbocycles. The number of allylic oxidation sites excluding steroid dienone is 1. The van der Waals surface area contributed by atoms with Crippen molar-refractivity contribution in [2.45, 2.75) is 25.7 Å². The first-order valence-corrected chi connectivity index (χ1v) is 6.29. The maximum Gasteiger partial charge on any atom is 0.160 e. The molecule has 0 heterocycles. The topological polar surface area (TPSA) is 29.1 Å². The first-order valence-electron chi connectivity index (χ1n) is 5.50. The lowest BCUT2D eigenvalue weighted by Crippen LogP contribution is -2.09. The van der Waals surface area contributed by atoms with Crippen molar-refractivity contribution >= 4 is 27.4 Å². The van der Waals surface area contributed by atoms with E-state index in [0.717, 1.165) is 35.0 Å². The van der Waals surface area contributed by atoms with Crippen LogP contribution in [-0.2, 0) is 4.79 Å². The second-order valence-corrected chi connectivity index (χ2v) is 4.87. The van der Waals surface area contributed by atoms with Gasteiger partial charge in [-0.25, -0.2) is 0 Å². The summed E-state index contributed by atoms with van der Waals surface area (Å²) in [5, 5.41) is 3.17. The molecule has 0 amide bonds. The number of hydrogen-bond acceptors (Lipinski definition) is 2. The third kappa shape index (κ3) is 2.95. The van der Waals surface area contributed by atoms with Crippen molar-refractivity contribution in [1.29, 1.82) is 0 Å². The van der Waals surface area contributed by atoms with Crippen LogP contribution in [0.15, 0.2) is 40.5 Å². The van der Waals surface area contributed by atoms with Gasteiger partial charge in [0.15, 0.2) is 5.78 Å². The predicted molar refractivity (Wildman–Crippen MR) is 69.3 cm³/mol. The SMILES string of the molecule is O=C1CCCC/C1=C/Nc1ccc(Br)cc1. The first kappa shape index (κ1) is 11.4. The van der Waals surface area contributed by atoms with Crippen molar-refractivity contribution in [3.8, 4) is 0 Å². The number of halogens is 1. The van der Waals surface area contributed by atoms with E-state index in [4.69, 9.17) is 0 Å². The highest BCUT2D eigenvalue weighted by molar-refractivity contribution is 9.10. The molecule has 3 heteroatoms. The third-order valence-corrected chi connectivity index (χ3v) is 3.24. The van der Waals surface area contributed by atoms with E-state index in [-0.39, 0.29) is 5.78 Å². The Morgan fingerprint density at radius 1 is 1.12 bits per heavy atom. The molecule has 0 atom stereocenters. The van der Waals surface area contributed by atoms with Crippen LogP contribution in [0.5, 0.6) is 0 Å². The molecule has 0 aliphatic heterocycles. The highest BCUT2D eigenvalue weighted by atomic mass is 79.9. The fourth-order valence-corrected chi connectivity index (χ4v) is 2.03. The molecule has 16 heavy (non-hydrogen) atoms. The number of ketones is 1. The average molecular weight is 280 g/mol. The van der Waals surface area contributed by atoms with E-state index in [1.807, 2.05) is 30.5 Å². The van der Waals surface area contributed by atoms with Crippen molar-refractivity contribution in [2.24, 2.45) is 0 Å². The molecule has 0 radical (unpaired) electrons. The normalized spacial score (nSPS) is 18.8. The minimum atomic E-state index is 0.288.